The van der Waals surface area contributed by atoms with Gasteiger partial charge in [0, 0.05) is 24.2 Å². The lowest BCUT2D eigenvalue weighted by Crippen LogP contribution is -2.48. The van der Waals surface area contributed by atoms with Gasteiger partial charge >= 0.3 is 0 Å². The molecule has 6 nitrogen and oxygen atoms in total. The van der Waals surface area contributed by atoms with Crippen LogP contribution in [0.3, 0.4) is 0 Å². The summed E-state index contributed by atoms with van der Waals surface area (Å²) >= 11 is 5.82. The van der Waals surface area contributed by atoms with Crippen LogP contribution in [-0.2, 0) is 9.59 Å². The standard InChI is InChI=1S/C22H25ClN2O4/c1-16-2-6-19(7-3-16)29-15-22(27)25-12-10-18(11-13-25)24-21(26)14-28-20-8-4-17(23)5-9-20/h2-9,18H,10-15H2,1H3,(H,24,26). The molecule has 29 heavy (non-hydrogen) atoms. The molecule has 0 unspecified atom stereocenters. The smallest absolute Gasteiger partial charge is 0.260 e. The Labute approximate surface area is 175 Å². The third-order valence-electron chi connectivity index (χ3n) is 4.78. The first-order chi connectivity index (χ1) is 14.0. The third kappa shape index (κ3) is 6.68. The molecule has 0 spiro atoms. The predicted molar refractivity (Wildman–Crippen MR) is 111 cm³/mol. The highest BCUT2D eigenvalue weighted by atomic mass is 35.5. The normalized spacial score (nSPS) is 14.3. The van der Waals surface area contributed by atoms with Crippen molar-refractivity contribution in [3.8, 4) is 11.5 Å². The average Bonchev–Trinajstić information content (AvgIpc) is 2.73. The molecule has 0 aliphatic carbocycles. The summed E-state index contributed by atoms with van der Waals surface area (Å²) < 4.78 is 11.0. The number of aryl methyl sites for hydroxylation is 1. The Bertz CT molecular complexity index is 816. The van der Waals surface area contributed by atoms with Crippen LogP contribution in [-0.4, -0.2) is 49.1 Å². The van der Waals surface area contributed by atoms with Crippen molar-refractivity contribution in [2.75, 3.05) is 26.3 Å². The van der Waals surface area contributed by atoms with E-state index in [1.807, 2.05) is 31.2 Å². The number of rotatable bonds is 7. The van der Waals surface area contributed by atoms with Crippen LogP contribution < -0.4 is 14.8 Å². The van der Waals surface area contributed by atoms with Crippen LogP contribution >= 0.6 is 11.6 Å². The van der Waals surface area contributed by atoms with Gasteiger partial charge < -0.3 is 19.7 Å². The fraction of sp³-hybridized carbons (Fsp3) is 0.364. The highest BCUT2D eigenvalue weighted by Gasteiger charge is 2.24. The van der Waals surface area contributed by atoms with Crippen molar-refractivity contribution >= 4 is 23.4 Å². The molecule has 7 heteroatoms. The van der Waals surface area contributed by atoms with Gasteiger partial charge in [0.05, 0.1) is 0 Å². The number of nitrogens with one attached hydrogen (secondary N) is 1. The number of hydrogen-bond acceptors (Lipinski definition) is 4. The van der Waals surface area contributed by atoms with Gasteiger partial charge in [-0.1, -0.05) is 29.3 Å². The molecule has 0 aromatic heterocycles. The molecule has 1 fully saturated rings. The van der Waals surface area contributed by atoms with Crippen LogP contribution in [0.2, 0.25) is 5.02 Å². The van der Waals surface area contributed by atoms with Crippen LogP contribution in [0, 0.1) is 6.92 Å². The molecule has 1 saturated heterocycles. The van der Waals surface area contributed by atoms with Crippen molar-refractivity contribution in [3.63, 3.8) is 0 Å². The molecule has 2 aromatic rings. The van der Waals surface area contributed by atoms with E-state index in [9.17, 15) is 9.59 Å². The van der Waals surface area contributed by atoms with Gasteiger partial charge in [0.25, 0.3) is 11.8 Å². The van der Waals surface area contributed by atoms with E-state index in [0.29, 0.717) is 42.5 Å². The van der Waals surface area contributed by atoms with E-state index in [0.717, 1.165) is 5.56 Å². The van der Waals surface area contributed by atoms with Gasteiger partial charge in [-0.25, -0.2) is 0 Å². The second-order valence-corrected chi connectivity index (χ2v) is 7.50. The summed E-state index contributed by atoms with van der Waals surface area (Å²) in [6.07, 6.45) is 1.42. The molecule has 2 amide bonds. The van der Waals surface area contributed by atoms with Crippen LogP contribution in [0.5, 0.6) is 11.5 Å². The quantitative estimate of drug-likeness (QED) is 0.752. The minimum atomic E-state index is -0.174. The molecule has 2 aromatic carbocycles. The number of likely N-dealkylation sites (tertiary alicyclic amines) is 1. The Morgan fingerprint density at radius 2 is 1.52 bits per heavy atom. The number of carbonyl (C=O) groups is 2. The number of nitrogens with zero attached hydrogens (tertiary/aromatic N) is 1. The lowest BCUT2D eigenvalue weighted by molar-refractivity contribution is -0.134. The molecule has 0 bridgehead atoms. The zero-order valence-electron chi connectivity index (χ0n) is 16.4. The van der Waals surface area contributed by atoms with E-state index in [1.165, 1.54) is 0 Å². The largest absolute Gasteiger partial charge is 0.484 e. The van der Waals surface area contributed by atoms with Crippen LogP contribution in [0.1, 0.15) is 18.4 Å². The Morgan fingerprint density at radius 3 is 2.14 bits per heavy atom. The van der Waals surface area contributed by atoms with Crippen molar-refractivity contribution in [2.24, 2.45) is 0 Å². The molecular weight excluding hydrogens is 392 g/mol. The van der Waals surface area contributed by atoms with Gasteiger partial charge in [-0.05, 0) is 56.2 Å². The Hall–Kier alpha value is -2.73. The summed E-state index contributed by atoms with van der Waals surface area (Å²) in [5.74, 6) is 1.07. The lowest BCUT2D eigenvalue weighted by Gasteiger charge is -2.32. The molecule has 1 aliphatic rings. The molecular formula is C22H25ClN2O4. The number of benzene rings is 2. The summed E-state index contributed by atoms with van der Waals surface area (Å²) in [5, 5.41) is 3.58. The van der Waals surface area contributed by atoms with Crippen LogP contribution in [0.4, 0.5) is 0 Å². The Kier molecular flexibility index (Phi) is 7.36. The topological polar surface area (TPSA) is 67.9 Å². The third-order valence-corrected chi connectivity index (χ3v) is 5.03. The number of halogens is 1. The zero-order chi connectivity index (χ0) is 20.6. The minimum absolute atomic E-state index is 0.0228. The van der Waals surface area contributed by atoms with Crippen LogP contribution in [0.25, 0.3) is 0 Å². The lowest BCUT2D eigenvalue weighted by atomic mass is 10.1. The monoisotopic (exact) mass is 416 g/mol. The summed E-state index contributed by atoms with van der Waals surface area (Å²) in [6.45, 7) is 3.17. The summed E-state index contributed by atoms with van der Waals surface area (Å²) in [7, 11) is 0. The SMILES string of the molecule is Cc1ccc(OCC(=O)N2CCC(NC(=O)COc3ccc(Cl)cc3)CC2)cc1. The van der Waals surface area contributed by atoms with E-state index in [2.05, 4.69) is 5.32 Å². The van der Waals surface area contributed by atoms with E-state index in [-0.39, 0.29) is 31.1 Å². The molecule has 0 radical (unpaired) electrons. The van der Waals surface area contributed by atoms with Crippen molar-refractivity contribution in [1.82, 2.24) is 10.2 Å². The summed E-state index contributed by atoms with van der Waals surface area (Å²) in [6, 6.07) is 14.5. The van der Waals surface area contributed by atoms with Crippen molar-refractivity contribution in [1.29, 1.82) is 0 Å². The maximum Gasteiger partial charge on any atom is 0.260 e. The number of ether oxygens (including phenoxy) is 2. The Balaban J connectivity index is 1.34. The molecule has 1 aliphatic heterocycles. The van der Waals surface area contributed by atoms with Gasteiger partial charge in [-0.15, -0.1) is 0 Å². The summed E-state index contributed by atoms with van der Waals surface area (Å²) in [5.41, 5.74) is 1.14. The van der Waals surface area contributed by atoms with Gasteiger partial charge in [0.15, 0.2) is 13.2 Å². The minimum Gasteiger partial charge on any atom is -0.484 e. The van der Waals surface area contributed by atoms with Gasteiger partial charge in [-0.2, -0.15) is 0 Å². The molecule has 1 N–H and O–H groups in total. The number of carbonyl (C=O) groups excluding carboxylic acids is 2. The maximum atomic E-state index is 12.3. The zero-order valence-corrected chi connectivity index (χ0v) is 17.2. The summed E-state index contributed by atoms with van der Waals surface area (Å²) in [4.78, 5) is 26.2. The van der Waals surface area contributed by atoms with Crippen molar-refractivity contribution in [2.45, 2.75) is 25.8 Å². The number of hydrogen-bond donors (Lipinski definition) is 1. The average molecular weight is 417 g/mol. The van der Waals surface area contributed by atoms with Crippen molar-refractivity contribution in [3.05, 3.63) is 59.1 Å². The maximum absolute atomic E-state index is 12.3. The predicted octanol–water partition coefficient (Wildman–Crippen LogP) is 3.21. The van der Waals surface area contributed by atoms with E-state index in [4.69, 9.17) is 21.1 Å². The number of piperidine rings is 1. The van der Waals surface area contributed by atoms with Gasteiger partial charge in [0.2, 0.25) is 0 Å². The first-order valence-electron chi connectivity index (χ1n) is 9.64. The van der Waals surface area contributed by atoms with E-state index < -0.39 is 0 Å². The highest BCUT2D eigenvalue weighted by molar-refractivity contribution is 6.30. The van der Waals surface area contributed by atoms with Gasteiger partial charge in [-0.3, -0.25) is 9.59 Å². The first kappa shape index (κ1) is 21.0. The molecule has 3 rings (SSSR count). The first-order valence-corrected chi connectivity index (χ1v) is 10.0. The second-order valence-electron chi connectivity index (χ2n) is 7.07. The fourth-order valence-corrected chi connectivity index (χ4v) is 3.22. The van der Waals surface area contributed by atoms with Crippen molar-refractivity contribution < 1.29 is 19.1 Å². The Morgan fingerprint density at radius 1 is 0.966 bits per heavy atom. The van der Waals surface area contributed by atoms with Gasteiger partial charge in [0.1, 0.15) is 11.5 Å². The van der Waals surface area contributed by atoms with Crippen LogP contribution in [0.15, 0.2) is 48.5 Å². The number of amides is 2. The van der Waals surface area contributed by atoms with E-state index >= 15 is 0 Å². The highest BCUT2D eigenvalue weighted by Crippen LogP contribution is 2.16. The molecule has 0 saturated carbocycles. The molecule has 154 valence electrons. The fourth-order valence-electron chi connectivity index (χ4n) is 3.09. The second kappa shape index (κ2) is 10.2. The van der Waals surface area contributed by atoms with E-state index in [1.54, 1.807) is 29.2 Å². The molecule has 0 atom stereocenters. The molecule has 1 heterocycles.